The summed E-state index contributed by atoms with van der Waals surface area (Å²) in [6, 6.07) is 12.7. The highest BCUT2D eigenvalue weighted by atomic mass is 35.5. The molecule has 3 aromatic rings. The highest BCUT2D eigenvalue weighted by Gasteiger charge is 2.22. The Morgan fingerprint density at radius 1 is 1.17 bits per heavy atom. The van der Waals surface area contributed by atoms with Crippen molar-refractivity contribution in [2.45, 2.75) is 13.0 Å². The summed E-state index contributed by atoms with van der Waals surface area (Å²) >= 11 is 13.5. The molecule has 1 heterocycles. The molecule has 23 heavy (non-hydrogen) atoms. The van der Waals surface area contributed by atoms with Crippen LogP contribution in [0.3, 0.4) is 0 Å². The molecule has 3 rings (SSSR count). The molecule has 0 radical (unpaired) electrons. The Labute approximate surface area is 148 Å². The van der Waals surface area contributed by atoms with Gasteiger partial charge in [0.25, 0.3) is 5.91 Å². The second-order valence-corrected chi connectivity index (χ2v) is 7.12. The number of halogens is 2. The predicted molar refractivity (Wildman–Crippen MR) is 96.6 cm³/mol. The van der Waals surface area contributed by atoms with Crippen molar-refractivity contribution in [2.24, 2.45) is 0 Å². The van der Waals surface area contributed by atoms with E-state index >= 15 is 0 Å². The van der Waals surface area contributed by atoms with Crippen LogP contribution in [0.2, 0.25) is 10.0 Å². The Hall–Kier alpha value is -1.62. The smallest absolute Gasteiger partial charge is 0.254 e. The molecule has 2 aromatic carbocycles. The number of para-hydroxylation sites is 1. The van der Waals surface area contributed by atoms with Gasteiger partial charge in [0.05, 0.1) is 26.3 Å². The van der Waals surface area contributed by atoms with E-state index in [0.29, 0.717) is 15.6 Å². The van der Waals surface area contributed by atoms with Crippen LogP contribution in [0.1, 0.15) is 28.3 Å². The number of nitrogens with zero attached hydrogens (tertiary/aromatic N) is 2. The van der Waals surface area contributed by atoms with E-state index < -0.39 is 0 Å². The van der Waals surface area contributed by atoms with Gasteiger partial charge in [0.15, 0.2) is 0 Å². The van der Waals surface area contributed by atoms with Crippen molar-refractivity contribution in [3.8, 4) is 0 Å². The Bertz CT molecular complexity index is 845. The molecular formula is C17H14Cl2N2OS. The summed E-state index contributed by atoms with van der Waals surface area (Å²) in [6.45, 7) is 1.97. The molecular weight excluding hydrogens is 351 g/mol. The summed E-state index contributed by atoms with van der Waals surface area (Å²) in [7, 11) is 1.77. The topological polar surface area (TPSA) is 33.2 Å². The maximum Gasteiger partial charge on any atom is 0.254 e. The van der Waals surface area contributed by atoms with Crippen LogP contribution >= 0.6 is 34.5 Å². The van der Waals surface area contributed by atoms with E-state index in [2.05, 4.69) is 4.98 Å². The third-order valence-electron chi connectivity index (χ3n) is 3.74. The number of aromatic nitrogens is 1. The van der Waals surface area contributed by atoms with Crippen molar-refractivity contribution < 1.29 is 4.79 Å². The average molecular weight is 365 g/mol. The first-order valence-corrected chi connectivity index (χ1v) is 8.62. The van der Waals surface area contributed by atoms with E-state index in [4.69, 9.17) is 23.2 Å². The van der Waals surface area contributed by atoms with Gasteiger partial charge >= 0.3 is 0 Å². The molecule has 1 atom stereocenters. The molecule has 6 heteroatoms. The van der Waals surface area contributed by atoms with Gasteiger partial charge in [-0.05, 0) is 37.3 Å². The molecule has 1 amide bonds. The summed E-state index contributed by atoms with van der Waals surface area (Å²) in [5, 5.41) is 1.71. The van der Waals surface area contributed by atoms with Crippen molar-refractivity contribution in [2.75, 3.05) is 7.05 Å². The van der Waals surface area contributed by atoms with Crippen LogP contribution in [0.5, 0.6) is 0 Å². The molecule has 0 aliphatic carbocycles. The molecule has 0 aliphatic rings. The minimum absolute atomic E-state index is 0.115. The second kappa shape index (κ2) is 6.48. The second-order valence-electron chi connectivity index (χ2n) is 5.24. The van der Waals surface area contributed by atoms with Crippen molar-refractivity contribution in [1.82, 2.24) is 9.88 Å². The van der Waals surface area contributed by atoms with Crippen LogP contribution in [-0.2, 0) is 0 Å². The zero-order valence-corrected chi connectivity index (χ0v) is 14.9. The van der Waals surface area contributed by atoms with Crippen molar-refractivity contribution in [3.63, 3.8) is 0 Å². The summed E-state index contributed by atoms with van der Waals surface area (Å²) in [4.78, 5) is 18.9. The molecule has 1 aromatic heterocycles. The van der Waals surface area contributed by atoms with Crippen LogP contribution < -0.4 is 0 Å². The fourth-order valence-electron chi connectivity index (χ4n) is 2.24. The standard InChI is InChI=1S/C17H14Cl2N2OS/c1-10(16-20-14-5-3-4-6-15(14)23-16)21(2)17(22)11-7-8-12(18)13(19)9-11/h3-10H,1-2H3/t10-/m1/s1. The lowest BCUT2D eigenvalue weighted by atomic mass is 10.2. The monoisotopic (exact) mass is 364 g/mol. The van der Waals surface area contributed by atoms with Gasteiger partial charge in [-0.3, -0.25) is 4.79 Å². The molecule has 0 aliphatic heterocycles. The largest absolute Gasteiger partial charge is 0.333 e. The van der Waals surface area contributed by atoms with Gasteiger partial charge < -0.3 is 4.90 Å². The molecule has 0 fully saturated rings. The van der Waals surface area contributed by atoms with Crippen LogP contribution in [-0.4, -0.2) is 22.8 Å². The number of benzene rings is 2. The minimum atomic E-state index is -0.130. The molecule has 0 N–H and O–H groups in total. The van der Waals surface area contributed by atoms with E-state index in [-0.39, 0.29) is 11.9 Å². The zero-order valence-electron chi connectivity index (χ0n) is 12.6. The van der Waals surface area contributed by atoms with Crippen molar-refractivity contribution in [1.29, 1.82) is 0 Å². The normalized spacial score (nSPS) is 12.3. The molecule has 0 bridgehead atoms. The summed E-state index contributed by atoms with van der Waals surface area (Å²) in [5.41, 5.74) is 1.46. The van der Waals surface area contributed by atoms with Crippen molar-refractivity contribution in [3.05, 3.63) is 63.1 Å². The molecule has 0 saturated heterocycles. The lowest BCUT2D eigenvalue weighted by Gasteiger charge is -2.23. The fourth-order valence-corrected chi connectivity index (χ4v) is 3.60. The number of hydrogen-bond donors (Lipinski definition) is 0. The van der Waals surface area contributed by atoms with Gasteiger partial charge in [-0.2, -0.15) is 0 Å². The molecule has 0 unspecified atom stereocenters. The predicted octanol–water partition coefficient (Wildman–Crippen LogP) is 5.44. The Morgan fingerprint density at radius 3 is 2.61 bits per heavy atom. The third kappa shape index (κ3) is 3.20. The van der Waals surface area contributed by atoms with Crippen LogP contribution in [0.4, 0.5) is 0 Å². The summed E-state index contributed by atoms with van der Waals surface area (Å²) in [6.07, 6.45) is 0. The first kappa shape index (κ1) is 16.2. The van der Waals surface area contributed by atoms with E-state index in [9.17, 15) is 4.79 Å². The minimum Gasteiger partial charge on any atom is -0.333 e. The third-order valence-corrected chi connectivity index (χ3v) is 5.68. The van der Waals surface area contributed by atoms with Gasteiger partial charge in [-0.15, -0.1) is 11.3 Å². The Balaban J connectivity index is 1.87. The van der Waals surface area contributed by atoms with E-state index in [1.807, 2.05) is 31.2 Å². The van der Waals surface area contributed by atoms with E-state index in [0.717, 1.165) is 15.2 Å². The van der Waals surface area contributed by atoms with Gasteiger partial charge in [-0.25, -0.2) is 4.98 Å². The zero-order chi connectivity index (χ0) is 16.6. The number of carbonyl (C=O) groups is 1. The first-order chi connectivity index (χ1) is 11.0. The highest BCUT2D eigenvalue weighted by Crippen LogP contribution is 2.30. The lowest BCUT2D eigenvalue weighted by Crippen LogP contribution is -2.29. The SMILES string of the molecule is C[C@H](c1nc2ccccc2s1)N(C)C(=O)c1ccc(Cl)c(Cl)c1. The lowest BCUT2D eigenvalue weighted by molar-refractivity contribution is 0.0742. The Kier molecular flexibility index (Phi) is 4.57. The number of hydrogen-bond acceptors (Lipinski definition) is 3. The Morgan fingerprint density at radius 2 is 1.91 bits per heavy atom. The van der Waals surface area contributed by atoms with Crippen LogP contribution in [0.15, 0.2) is 42.5 Å². The molecule has 0 saturated carbocycles. The van der Waals surface area contributed by atoms with Crippen molar-refractivity contribution >= 4 is 50.7 Å². The van der Waals surface area contributed by atoms with E-state index in [1.165, 1.54) is 0 Å². The maximum atomic E-state index is 12.6. The molecule has 0 spiro atoms. The number of rotatable bonds is 3. The highest BCUT2D eigenvalue weighted by molar-refractivity contribution is 7.18. The molecule has 118 valence electrons. The first-order valence-electron chi connectivity index (χ1n) is 7.05. The fraction of sp³-hybridized carbons (Fsp3) is 0.176. The van der Waals surface area contributed by atoms with Gasteiger partial charge in [-0.1, -0.05) is 35.3 Å². The van der Waals surface area contributed by atoms with Crippen LogP contribution in [0.25, 0.3) is 10.2 Å². The number of carbonyl (C=O) groups excluding carboxylic acids is 1. The number of fused-ring (bicyclic) bond motifs is 1. The maximum absolute atomic E-state index is 12.6. The summed E-state index contributed by atoms with van der Waals surface area (Å²) in [5.74, 6) is -0.115. The molecule has 3 nitrogen and oxygen atoms in total. The quantitative estimate of drug-likeness (QED) is 0.620. The number of amides is 1. The van der Waals surface area contributed by atoms with Crippen LogP contribution in [0, 0.1) is 0 Å². The number of thiazole rings is 1. The van der Waals surface area contributed by atoms with Gasteiger partial charge in [0.2, 0.25) is 0 Å². The van der Waals surface area contributed by atoms with E-state index in [1.54, 1.807) is 41.5 Å². The summed E-state index contributed by atoms with van der Waals surface area (Å²) < 4.78 is 1.12. The van der Waals surface area contributed by atoms with Gasteiger partial charge in [0.1, 0.15) is 5.01 Å². The average Bonchev–Trinajstić information content (AvgIpc) is 2.99. The van der Waals surface area contributed by atoms with Gasteiger partial charge in [0, 0.05) is 12.6 Å².